The van der Waals surface area contributed by atoms with Gasteiger partial charge in [0.1, 0.15) is 0 Å². The van der Waals surface area contributed by atoms with E-state index in [1.165, 1.54) is 193 Å². The fraction of sp³-hybridized carbons (Fsp3) is 0.826. The Hall–Kier alpha value is -1.12. The van der Waals surface area contributed by atoms with Gasteiger partial charge in [0.2, 0.25) is 0 Å². The van der Waals surface area contributed by atoms with E-state index in [1.54, 1.807) is 0 Å². The number of hydrogen-bond donors (Lipinski definition) is 0. The van der Waals surface area contributed by atoms with E-state index < -0.39 is 0 Å². The van der Waals surface area contributed by atoms with Crippen LogP contribution >= 0.6 is 0 Å². The molecule has 0 bridgehead atoms. The normalized spacial score (nSPS) is 12.8. The van der Waals surface area contributed by atoms with Crippen molar-refractivity contribution in [3.05, 3.63) is 48.6 Å². The van der Waals surface area contributed by atoms with Crippen molar-refractivity contribution >= 4 is 0 Å². The van der Waals surface area contributed by atoms with Crippen LogP contribution in [0.5, 0.6) is 0 Å². The van der Waals surface area contributed by atoms with Gasteiger partial charge in [-0.25, -0.2) is 0 Å². The van der Waals surface area contributed by atoms with Gasteiger partial charge in [0, 0.05) is 7.11 Å². The molecule has 0 N–H and O–H groups in total. The summed E-state index contributed by atoms with van der Waals surface area (Å²) in [6.45, 7) is 12.7. The molecule has 0 aliphatic rings. The summed E-state index contributed by atoms with van der Waals surface area (Å²) < 4.78 is 6.41. The van der Waals surface area contributed by atoms with Gasteiger partial charge in [-0.15, -0.1) is 0 Å². The van der Waals surface area contributed by atoms with Crippen molar-refractivity contribution in [2.45, 2.75) is 219 Å². The van der Waals surface area contributed by atoms with E-state index in [0.29, 0.717) is 0 Å². The molecule has 0 saturated carbocycles. The summed E-state index contributed by atoms with van der Waals surface area (Å²) in [6.07, 6.45) is 56.9. The lowest BCUT2D eigenvalue weighted by molar-refractivity contribution is -0.0368. The fourth-order valence-corrected chi connectivity index (χ4v) is 6.87. The Labute approximate surface area is 303 Å². The maximum absolute atomic E-state index is 6.41. The average molecular weight is 670 g/mol. The smallest absolute Gasteiger partial charge is 0.0678 e. The quantitative estimate of drug-likeness (QED) is 0.0479. The molecule has 0 aromatic carbocycles. The summed E-state index contributed by atoms with van der Waals surface area (Å²) in [5.41, 5.74) is 0.105. The van der Waals surface area contributed by atoms with Gasteiger partial charge in [-0.3, -0.25) is 0 Å². The Morgan fingerprint density at radius 3 is 1.08 bits per heavy atom. The van der Waals surface area contributed by atoms with E-state index in [0.717, 1.165) is 12.8 Å². The topological polar surface area (TPSA) is 12.5 Å². The standard InChI is InChI=1S/C46H87NO/c1-6-10-12-14-16-18-20-22-24-26-28-30-32-34-36-38-42-46(48-5,44-40-41-45-47(8-3)9-4)43-39-37-35-33-31-29-27-25-23-21-19-17-15-13-11-7-2/h16-19,22-25H,6-15,20-21,26-45H2,1-5H3/b18-16-,19-17-,24-22-,25-23-. The number of rotatable bonds is 38. The summed E-state index contributed by atoms with van der Waals surface area (Å²) in [6, 6.07) is 0. The van der Waals surface area contributed by atoms with Crippen molar-refractivity contribution in [1.82, 2.24) is 4.90 Å². The molecule has 0 aromatic rings. The molecular formula is C46H87NO. The van der Waals surface area contributed by atoms with Gasteiger partial charge in [0.05, 0.1) is 5.60 Å². The summed E-state index contributed by atoms with van der Waals surface area (Å²) in [5.74, 6) is 0. The lowest BCUT2D eigenvalue weighted by Gasteiger charge is -2.33. The second-order valence-corrected chi connectivity index (χ2v) is 14.5. The second-order valence-electron chi connectivity index (χ2n) is 14.5. The summed E-state index contributed by atoms with van der Waals surface area (Å²) in [4.78, 5) is 2.57. The molecule has 2 heteroatoms. The zero-order valence-corrected chi connectivity index (χ0v) is 33.6. The van der Waals surface area contributed by atoms with E-state index >= 15 is 0 Å². The monoisotopic (exact) mass is 670 g/mol. The molecule has 0 saturated heterocycles. The molecule has 0 amide bonds. The Bertz CT molecular complexity index is 682. The number of nitrogens with zero attached hydrogens (tertiary/aromatic N) is 1. The molecule has 282 valence electrons. The van der Waals surface area contributed by atoms with E-state index in [9.17, 15) is 0 Å². The lowest BCUT2D eigenvalue weighted by atomic mass is 9.85. The highest BCUT2D eigenvalue weighted by atomic mass is 16.5. The Morgan fingerprint density at radius 1 is 0.396 bits per heavy atom. The number of allylic oxidation sites excluding steroid dienone is 8. The SMILES string of the molecule is CCCCC/C=C\C/C=C\CCCCCCCCC(CCCCCCCC/C=C\C/C=C\CCCCC)(CCCCN(CC)CC)OC. The molecule has 2 nitrogen and oxygen atoms in total. The largest absolute Gasteiger partial charge is 0.378 e. The molecule has 0 rings (SSSR count). The van der Waals surface area contributed by atoms with E-state index in [2.05, 4.69) is 81.2 Å². The van der Waals surface area contributed by atoms with Gasteiger partial charge in [-0.2, -0.15) is 0 Å². The molecule has 0 atom stereocenters. The first-order valence-electron chi connectivity index (χ1n) is 21.5. The van der Waals surface area contributed by atoms with Gasteiger partial charge in [0.25, 0.3) is 0 Å². The average Bonchev–Trinajstić information content (AvgIpc) is 3.11. The van der Waals surface area contributed by atoms with Crippen molar-refractivity contribution in [3.8, 4) is 0 Å². The maximum Gasteiger partial charge on any atom is 0.0678 e. The van der Waals surface area contributed by atoms with Crippen LogP contribution in [-0.2, 0) is 4.74 Å². The van der Waals surface area contributed by atoms with Gasteiger partial charge in [-0.05, 0) is 116 Å². The highest BCUT2D eigenvalue weighted by Crippen LogP contribution is 2.32. The third-order valence-corrected chi connectivity index (χ3v) is 10.4. The van der Waals surface area contributed by atoms with Crippen molar-refractivity contribution in [2.75, 3.05) is 26.7 Å². The van der Waals surface area contributed by atoms with Crippen LogP contribution in [0.1, 0.15) is 214 Å². The molecule has 0 heterocycles. The first-order valence-corrected chi connectivity index (χ1v) is 21.5. The number of hydrogen-bond acceptors (Lipinski definition) is 2. The molecular weight excluding hydrogens is 583 g/mol. The van der Waals surface area contributed by atoms with Crippen LogP contribution in [-0.4, -0.2) is 37.2 Å². The van der Waals surface area contributed by atoms with Gasteiger partial charge >= 0.3 is 0 Å². The zero-order chi connectivity index (χ0) is 35.1. The fourth-order valence-electron chi connectivity index (χ4n) is 6.87. The van der Waals surface area contributed by atoms with E-state index in [-0.39, 0.29) is 5.60 Å². The highest BCUT2D eigenvalue weighted by Gasteiger charge is 2.28. The van der Waals surface area contributed by atoms with Crippen molar-refractivity contribution < 1.29 is 4.74 Å². The van der Waals surface area contributed by atoms with Crippen LogP contribution in [0.3, 0.4) is 0 Å². The van der Waals surface area contributed by atoms with Crippen LogP contribution in [0, 0.1) is 0 Å². The van der Waals surface area contributed by atoms with Crippen LogP contribution < -0.4 is 0 Å². The zero-order valence-electron chi connectivity index (χ0n) is 33.6. The molecule has 0 radical (unpaired) electrons. The minimum Gasteiger partial charge on any atom is -0.378 e. The van der Waals surface area contributed by atoms with Crippen LogP contribution in [0.25, 0.3) is 0 Å². The maximum atomic E-state index is 6.41. The summed E-state index contributed by atoms with van der Waals surface area (Å²) in [7, 11) is 2.01. The molecule has 0 spiro atoms. The van der Waals surface area contributed by atoms with Gasteiger partial charge in [-0.1, -0.05) is 166 Å². The Balaban J connectivity index is 4.25. The predicted octanol–water partition coefficient (Wildman–Crippen LogP) is 15.3. The lowest BCUT2D eigenvalue weighted by Crippen LogP contribution is -2.32. The van der Waals surface area contributed by atoms with Crippen molar-refractivity contribution in [2.24, 2.45) is 0 Å². The molecule has 0 aromatic heterocycles. The Morgan fingerprint density at radius 2 is 0.729 bits per heavy atom. The first-order chi connectivity index (χ1) is 23.7. The van der Waals surface area contributed by atoms with Crippen LogP contribution in [0.4, 0.5) is 0 Å². The number of unbranched alkanes of at least 4 members (excludes halogenated alkanes) is 19. The third-order valence-electron chi connectivity index (χ3n) is 10.4. The molecule has 0 aliphatic carbocycles. The molecule has 0 unspecified atom stereocenters. The molecule has 0 fully saturated rings. The van der Waals surface area contributed by atoms with Crippen molar-refractivity contribution in [1.29, 1.82) is 0 Å². The van der Waals surface area contributed by atoms with E-state index in [4.69, 9.17) is 4.74 Å². The highest BCUT2D eigenvalue weighted by molar-refractivity contribution is 4.93. The van der Waals surface area contributed by atoms with Crippen LogP contribution in [0.15, 0.2) is 48.6 Å². The summed E-state index contributed by atoms with van der Waals surface area (Å²) in [5, 5.41) is 0. The second kappa shape index (κ2) is 38.7. The number of methoxy groups -OCH3 is 1. The van der Waals surface area contributed by atoms with Gasteiger partial charge in [0.15, 0.2) is 0 Å². The van der Waals surface area contributed by atoms with E-state index in [1.807, 2.05) is 7.11 Å². The van der Waals surface area contributed by atoms with Crippen LogP contribution in [0.2, 0.25) is 0 Å². The number of ether oxygens (including phenoxy) is 1. The molecule has 48 heavy (non-hydrogen) atoms. The minimum atomic E-state index is 0.105. The van der Waals surface area contributed by atoms with Gasteiger partial charge < -0.3 is 9.64 Å². The third kappa shape index (κ3) is 32.1. The summed E-state index contributed by atoms with van der Waals surface area (Å²) >= 11 is 0. The molecule has 0 aliphatic heterocycles. The minimum absolute atomic E-state index is 0.105. The first kappa shape index (κ1) is 46.9. The predicted molar refractivity (Wildman–Crippen MR) is 219 cm³/mol. The van der Waals surface area contributed by atoms with Crippen molar-refractivity contribution in [3.63, 3.8) is 0 Å². The Kier molecular flexibility index (Phi) is 37.8.